The molecular formula is C32H61NO8. The molecule has 0 amide bonds. The summed E-state index contributed by atoms with van der Waals surface area (Å²) in [7, 11) is 5.88. The van der Waals surface area contributed by atoms with Gasteiger partial charge in [-0.2, -0.15) is 0 Å². The average Bonchev–Trinajstić information content (AvgIpc) is 2.91. The van der Waals surface area contributed by atoms with E-state index in [2.05, 4.69) is 13.8 Å². The first kappa shape index (κ1) is 39.3. The molecule has 2 atom stereocenters. The topological polar surface area (TPSA) is 111 Å². The molecule has 0 aliphatic heterocycles. The monoisotopic (exact) mass is 587 g/mol. The molecule has 0 radical (unpaired) electrons. The number of carbonyl (C=O) groups excluding carboxylic acids is 3. The first-order valence-electron chi connectivity index (χ1n) is 16.2. The molecule has 0 aromatic carbocycles. The van der Waals surface area contributed by atoms with Gasteiger partial charge in [0, 0.05) is 12.8 Å². The molecule has 242 valence electrons. The van der Waals surface area contributed by atoms with Gasteiger partial charge in [-0.05, 0) is 12.8 Å². The van der Waals surface area contributed by atoms with Crippen LogP contribution in [0.3, 0.4) is 0 Å². The molecule has 0 spiro atoms. The Bertz CT molecular complexity index is 665. The number of ether oxygens (including phenoxy) is 4. The summed E-state index contributed by atoms with van der Waals surface area (Å²) in [4.78, 5) is 36.2. The summed E-state index contributed by atoms with van der Waals surface area (Å²) in [5.74, 6) is -2.30. The van der Waals surface area contributed by atoms with E-state index < -0.39 is 24.3 Å². The van der Waals surface area contributed by atoms with E-state index in [1.165, 1.54) is 51.4 Å². The van der Waals surface area contributed by atoms with Gasteiger partial charge < -0.3 is 33.3 Å². The SMILES string of the molecule is CCCCCCCCCCCCCC(=O)OC(COC(=O)CCCCCCC)COC(OCC[N+](C)(C)C)C(=O)[O-]. The highest BCUT2D eigenvalue weighted by Crippen LogP contribution is 2.13. The summed E-state index contributed by atoms with van der Waals surface area (Å²) in [6.45, 7) is 4.60. The minimum absolute atomic E-state index is 0.151. The van der Waals surface area contributed by atoms with Crippen molar-refractivity contribution in [3.05, 3.63) is 0 Å². The van der Waals surface area contributed by atoms with Crippen molar-refractivity contribution in [1.29, 1.82) is 0 Å². The van der Waals surface area contributed by atoms with E-state index in [0.717, 1.165) is 51.4 Å². The number of unbranched alkanes of at least 4 members (excludes halogenated alkanes) is 14. The second-order valence-corrected chi connectivity index (χ2v) is 12.1. The zero-order valence-electron chi connectivity index (χ0n) is 26.9. The highest BCUT2D eigenvalue weighted by molar-refractivity contribution is 5.70. The number of carbonyl (C=O) groups is 3. The highest BCUT2D eigenvalue weighted by Gasteiger charge is 2.21. The van der Waals surface area contributed by atoms with Gasteiger partial charge in [-0.3, -0.25) is 9.59 Å². The molecule has 0 aromatic heterocycles. The maximum atomic E-state index is 12.5. The Labute approximate surface area is 250 Å². The lowest BCUT2D eigenvalue weighted by Gasteiger charge is -2.26. The van der Waals surface area contributed by atoms with Crippen LogP contribution in [0.25, 0.3) is 0 Å². The van der Waals surface area contributed by atoms with E-state index >= 15 is 0 Å². The van der Waals surface area contributed by atoms with E-state index in [4.69, 9.17) is 18.9 Å². The normalized spacial score (nSPS) is 13.1. The number of rotatable bonds is 29. The summed E-state index contributed by atoms with van der Waals surface area (Å²) in [6.07, 6.45) is 16.0. The second-order valence-electron chi connectivity index (χ2n) is 12.1. The van der Waals surface area contributed by atoms with Crippen molar-refractivity contribution in [1.82, 2.24) is 0 Å². The van der Waals surface area contributed by atoms with Crippen LogP contribution in [0.5, 0.6) is 0 Å². The van der Waals surface area contributed by atoms with Crippen LogP contribution in [0.2, 0.25) is 0 Å². The van der Waals surface area contributed by atoms with Crippen LogP contribution in [0.1, 0.15) is 129 Å². The number of hydrogen-bond acceptors (Lipinski definition) is 8. The fourth-order valence-electron chi connectivity index (χ4n) is 4.24. The molecule has 0 aliphatic carbocycles. The number of quaternary nitrogens is 1. The Hall–Kier alpha value is -1.71. The van der Waals surface area contributed by atoms with Crippen LogP contribution in [0.4, 0.5) is 0 Å². The van der Waals surface area contributed by atoms with Crippen LogP contribution in [0.15, 0.2) is 0 Å². The van der Waals surface area contributed by atoms with Crippen LogP contribution in [-0.4, -0.2) is 82.3 Å². The minimum atomic E-state index is -1.61. The van der Waals surface area contributed by atoms with Crippen molar-refractivity contribution in [2.45, 2.75) is 142 Å². The largest absolute Gasteiger partial charge is 0.545 e. The molecule has 9 nitrogen and oxygen atoms in total. The van der Waals surface area contributed by atoms with Crippen molar-refractivity contribution in [2.75, 3.05) is 47.5 Å². The number of nitrogens with zero attached hydrogens (tertiary/aromatic N) is 1. The summed E-state index contributed by atoms with van der Waals surface area (Å²) >= 11 is 0. The molecule has 9 heteroatoms. The van der Waals surface area contributed by atoms with Crippen molar-refractivity contribution in [3.8, 4) is 0 Å². The van der Waals surface area contributed by atoms with Crippen LogP contribution < -0.4 is 5.11 Å². The molecule has 41 heavy (non-hydrogen) atoms. The number of carboxylic acid groups (broad SMARTS) is 1. The molecule has 0 saturated heterocycles. The molecular weight excluding hydrogens is 526 g/mol. The average molecular weight is 588 g/mol. The molecule has 2 unspecified atom stereocenters. The molecule has 0 aromatic rings. The van der Waals surface area contributed by atoms with Gasteiger partial charge in [0.25, 0.3) is 0 Å². The molecule has 0 bridgehead atoms. The molecule has 0 saturated carbocycles. The number of carboxylic acids is 1. The summed E-state index contributed by atoms with van der Waals surface area (Å²) in [6, 6.07) is 0. The number of esters is 2. The zero-order valence-corrected chi connectivity index (χ0v) is 26.9. The lowest BCUT2D eigenvalue weighted by Crippen LogP contribution is -2.44. The highest BCUT2D eigenvalue weighted by atomic mass is 16.7. The first-order valence-corrected chi connectivity index (χ1v) is 16.2. The second kappa shape index (κ2) is 26.0. The predicted molar refractivity (Wildman–Crippen MR) is 159 cm³/mol. The third-order valence-corrected chi connectivity index (χ3v) is 6.85. The fourth-order valence-corrected chi connectivity index (χ4v) is 4.24. The van der Waals surface area contributed by atoms with Gasteiger partial charge in [-0.15, -0.1) is 0 Å². The molecule has 0 N–H and O–H groups in total. The van der Waals surface area contributed by atoms with Crippen molar-refractivity contribution >= 4 is 17.9 Å². The Balaban J connectivity index is 4.58. The van der Waals surface area contributed by atoms with Crippen molar-refractivity contribution in [3.63, 3.8) is 0 Å². The van der Waals surface area contributed by atoms with E-state index in [0.29, 0.717) is 17.4 Å². The standard InChI is InChI=1S/C32H61NO8/c1-6-8-10-12-13-14-15-16-17-19-21-23-30(35)41-28(26-39-29(34)22-20-18-11-9-7-2)27-40-32(31(36)37)38-25-24-33(3,4)5/h28,32H,6-27H2,1-5H3. The number of hydrogen-bond donors (Lipinski definition) is 0. The van der Waals surface area contributed by atoms with Crippen LogP contribution in [-0.2, 0) is 33.3 Å². The zero-order chi connectivity index (χ0) is 30.8. The predicted octanol–water partition coefficient (Wildman–Crippen LogP) is 5.32. The van der Waals surface area contributed by atoms with E-state index in [1.54, 1.807) is 0 Å². The number of aliphatic carboxylic acids is 1. The van der Waals surface area contributed by atoms with Crippen molar-refractivity contribution in [2.24, 2.45) is 0 Å². The fraction of sp³-hybridized carbons (Fsp3) is 0.906. The lowest BCUT2D eigenvalue weighted by molar-refractivity contribution is -0.870. The summed E-state index contributed by atoms with van der Waals surface area (Å²) in [5.41, 5.74) is 0. The van der Waals surface area contributed by atoms with Gasteiger partial charge in [0.05, 0.1) is 40.3 Å². The van der Waals surface area contributed by atoms with Gasteiger partial charge in [0.15, 0.2) is 12.4 Å². The first-order chi connectivity index (χ1) is 19.6. The quantitative estimate of drug-likeness (QED) is 0.0501. The maximum absolute atomic E-state index is 12.5. The molecule has 0 aliphatic rings. The van der Waals surface area contributed by atoms with E-state index in [9.17, 15) is 19.5 Å². The smallest absolute Gasteiger partial charge is 0.306 e. The Morgan fingerprint density at radius 3 is 1.56 bits per heavy atom. The van der Waals surface area contributed by atoms with Crippen LogP contribution in [0, 0.1) is 0 Å². The molecule has 0 fully saturated rings. The Kier molecular flexibility index (Phi) is 24.9. The van der Waals surface area contributed by atoms with Gasteiger partial charge in [-0.25, -0.2) is 0 Å². The van der Waals surface area contributed by atoms with E-state index in [-0.39, 0.29) is 32.2 Å². The third kappa shape index (κ3) is 26.9. The lowest BCUT2D eigenvalue weighted by atomic mass is 10.1. The number of likely N-dealkylation sites (N-methyl/N-ethyl adjacent to an activating group) is 1. The Morgan fingerprint density at radius 1 is 0.634 bits per heavy atom. The maximum Gasteiger partial charge on any atom is 0.306 e. The summed E-state index contributed by atoms with van der Waals surface area (Å²) < 4.78 is 22.2. The van der Waals surface area contributed by atoms with Gasteiger partial charge in [-0.1, -0.05) is 104 Å². The van der Waals surface area contributed by atoms with Crippen LogP contribution >= 0.6 is 0 Å². The van der Waals surface area contributed by atoms with Crippen molar-refractivity contribution < 1.29 is 42.9 Å². The molecule has 0 rings (SSSR count). The Morgan fingerprint density at radius 2 is 1.10 bits per heavy atom. The van der Waals surface area contributed by atoms with Gasteiger partial charge in [0.2, 0.25) is 0 Å². The molecule has 0 heterocycles. The van der Waals surface area contributed by atoms with Gasteiger partial charge in [0.1, 0.15) is 13.2 Å². The van der Waals surface area contributed by atoms with E-state index in [1.807, 2.05) is 21.1 Å². The van der Waals surface area contributed by atoms with Gasteiger partial charge >= 0.3 is 11.9 Å². The minimum Gasteiger partial charge on any atom is -0.545 e. The third-order valence-electron chi connectivity index (χ3n) is 6.85. The summed E-state index contributed by atoms with van der Waals surface area (Å²) in [5, 5.41) is 11.5.